The van der Waals surface area contributed by atoms with Crippen molar-refractivity contribution in [2.24, 2.45) is 5.92 Å². The van der Waals surface area contributed by atoms with Crippen LogP contribution in [0.5, 0.6) is 6.01 Å². The van der Waals surface area contributed by atoms with Gasteiger partial charge in [-0.3, -0.25) is 0 Å². The molecule has 2 rings (SSSR count). The molecule has 0 saturated heterocycles. The van der Waals surface area contributed by atoms with Crippen LogP contribution in [0.1, 0.15) is 52.9 Å². The van der Waals surface area contributed by atoms with Gasteiger partial charge in [0.1, 0.15) is 0 Å². The number of rotatable bonds is 10. The Morgan fingerprint density at radius 2 is 1.90 bits per heavy atom. The van der Waals surface area contributed by atoms with Crippen molar-refractivity contribution in [3.8, 4) is 6.01 Å². The lowest BCUT2D eigenvalue weighted by atomic mass is 10.1. The Morgan fingerprint density at radius 3 is 2.52 bits per heavy atom. The van der Waals surface area contributed by atoms with Crippen LogP contribution in [0.25, 0.3) is 0 Å². The highest BCUT2D eigenvalue weighted by Crippen LogP contribution is 2.34. The van der Waals surface area contributed by atoms with Gasteiger partial charge in [0.05, 0.1) is 6.61 Å². The molecule has 0 aromatic carbocycles. The van der Waals surface area contributed by atoms with E-state index in [1.807, 2.05) is 6.92 Å². The summed E-state index contributed by atoms with van der Waals surface area (Å²) in [6.07, 6.45) is 6.02. The zero-order valence-electron chi connectivity index (χ0n) is 13.4. The molecule has 1 aliphatic rings. The van der Waals surface area contributed by atoms with Crippen LogP contribution < -0.4 is 15.4 Å². The highest BCUT2D eigenvalue weighted by atomic mass is 16.5. The van der Waals surface area contributed by atoms with Crippen LogP contribution in [0.15, 0.2) is 0 Å². The first-order valence-electron chi connectivity index (χ1n) is 8.14. The minimum atomic E-state index is 0.384. The van der Waals surface area contributed by atoms with E-state index in [2.05, 4.69) is 39.4 Å². The van der Waals surface area contributed by atoms with E-state index in [-0.39, 0.29) is 0 Å². The Morgan fingerprint density at radius 1 is 1.14 bits per heavy atom. The molecule has 1 fully saturated rings. The molecule has 1 saturated carbocycles. The van der Waals surface area contributed by atoms with E-state index in [1.165, 1.54) is 19.3 Å². The van der Waals surface area contributed by atoms with Crippen LogP contribution in [0.3, 0.4) is 0 Å². The van der Waals surface area contributed by atoms with Crippen molar-refractivity contribution in [1.82, 2.24) is 15.0 Å². The highest BCUT2D eigenvalue weighted by Gasteiger charge is 2.25. The first-order valence-corrected chi connectivity index (χ1v) is 8.14. The van der Waals surface area contributed by atoms with Crippen LogP contribution >= 0.6 is 0 Å². The Labute approximate surface area is 127 Å². The van der Waals surface area contributed by atoms with Crippen molar-refractivity contribution in [2.45, 2.75) is 58.9 Å². The smallest absolute Gasteiger partial charge is 0.323 e. The number of nitrogens with one attached hydrogen (secondary N) is 2. The van der Waals surface area contributed by atoms with Gasteiger partial charge >= 0.3 is 6.01 Å². The SMILES string of the molecule is CCCNc1nc(NC(CC)CC2CC2)nc(OCC)n1. The van der Waals surface area contributed by atoms with Crippen molar-refractivity contribution in [3.05, 3.63) is 0 Å². The maximum atomic E-state index is 5.43. The molecule has 6 heteroatoms. The molecule has 0 aliphatic heterocycles. The number of nitrogens with zero attached hydrogens (tertiary/aromatic N) is 3. The van der Waals surface area contributed by atoms with Gasteiger partial charge in [0.2, 0.25) is 11.9 Å². The molecule has 118 valence electrons. The second-order valence-corrected chi connectivity index (χ2v) is 5.55. The van der Waals surface area contributed by atoms with E-state index < -0.39 is 0 Å². The molecule has 1 atom stereocenters. The summed E-state index contributed by atoms with van der Waals surface area (Å²) in [5, 5.41) is 6.63. The summed E-state index contributed by atoms with van der Waals surface area (Å²) in [6.45, 7) is 7.63. The Balaban J connectivity index is 2.05. The standard InChI is InChI=1S/C15H27N5O/c1-4-9-16-13-18-14(20-15(19-13)21-6-3)17-12(5-2)10-11-7-8-11/h11-12H,4-10H2,1-3H3,(H2,16,17,18,19,20). The molecule has 6 nitrogen and oxygen atoms in total. The van der Waals surface area contributed by atoms with Gasteiger partial charge in [-0.2, -0.15) is 15.0 Å². The van der Waals surface area contributed by atoms with Crippen molar-refractivity contribution >= 4 is 11.9 Å². The van der Waals surface area contributed by atoms with Gasteiger partial charge in [0, 0.05) is 12.6 Å². The predicted molar refractivity (Wildman–Crippen MR) is 84.8 cm³/mol. The average Bonchev–Trinajstić information content (AvgIpc) is 3.28. The highest BCUT2D eigenvalue weighted by molar-refractivity contribution is 5.36. The largest absolute Gasteiger partial charge is 0.464 e. The maximum Gasteiger partial charge on any atom is 0.323 e. The number of aromatic nitrogens is 3. The summed E-state index contributed by atoms with van der Waals surface area (Å²) in [5.41, 5.74) is 0. The zero-order chi connectivity index (χ0) is 15.1. The van der Waals surface area contributed by atoms with Crippen molar-refractivity contribution in [2.75, 3.05) is 23.8 Å². The molecule has 0 spiro atoms. The normalized spacial score (nSPS) is 15.6. The molecule has 1 unspecified atom stereocenters. The number of hydrogen-bond donors (Lipinski definition) is 2. The Bertz CT molecular complexity index is 436. The topological polar surface area (TPSA) is 72.0 Å². The molecule has 1 aromatic rings. The summed E-state index contributed by atoms with van der Waals surface area (Å²) in [4.78, 5) is 13.1. The lowest BCUT2D eigenvalue weighted by molar-refractivity contribution is 0.312. The van der Waals surface area contributed by atoms with Crippen LogP contribution in [0.2, 0.25) is 0 Å². The van der Waals surface area contributed by atoms with Gasteiger partial charge in [-0.05, 0) is 32.1 Å². The van der Waals surface area contributed by atoms with Crippen LogP contribution in [0, 0.1) is 5.92 Å². The van der Waals surface area contributed by atoms with Crippen LogP contribution in [-0.2, 0) is 0 Å². The minimum Gasteiger partial charge on any atom is -0.464 e. The van der Waals surface area contributed by atoms with E-state index in [4.69, 9.17) is 4.74 Å². The first-order chi connectivity index (χ1) is 10.2. The molecule has 1 aromatic heterocycles. The quantitative estimate of drug-likeness (QED) is 0.690. The Hall–Kier alpha value is -1.59. The third kappa shape index (κ3) is 5.36. The molecular weight excluding hydrogens is 266 g/mol. The van der Waals surface area contributed by atoms with Gasteiger partial charge < -0.3 is 15.4 Å². The average molecular weight is 293 g/mol. The van der Waals surface area contributed by atoms with Crippen molar-refractivity contribution in [3.63, 3.8) is 0 Å². The van der Waals surface area contributed by atoms with E-state index in [0.29, 0.717) is 30.6 Å². The summed E-state index contributed by atoms with van der Waals surface area (Å²) in [6, 6.07) is 0.809. The van der Waals surface area contributed by atoms with Crippen molar-refractivity contribution in [1.29, 1.82) is 0 Å². The van der Waals surface area contributed by atoms with Crippen LogP contribution in [-0.4, -0.2) is 34.1 Å². The third-order valence-electron chi connectivity index (χ3n) is 3.56. The molecular formula is C15H27N5O. The molecule has 1 heterocycles. The van der Waals surface area contributed by atoms with Gasteiger partial charge in [-0.1, -0.05) is 26.7 Å². The van der Waals surface area contributed by atoms with E-state index in [1.54, 1.807) is 0 Å². The van der Waals surface area contributed by atoms with Gasteiger partial charge in [-0.25, -0.2) is 0 Å². The second kappa shape index (κ2) is 8.00. The summed E-state index contributed by atoms with van der Waals surface area (Å²) < 4.78 is 5.43. The molecule has 1 aliphatic carbocycles. The summed E-state index contributed by atoms with van der Waals surface area (Å²) in [7, 11) is 0. The summed E-state index contributed by atoms with van der Waals surface area (Å²) in [5.74, 6) is 2.08. The number of anilines is 2. The monoisotopic (exact) mass is 293 g/mol. The van der Waals surface area contributed by atoms with Gasteiger partial charge in [-0.15, -0.1) is 0 Å². The van der Waals surface area contributed by atoms with E-state index in [9.17, 15) is 0 Å². The third-order valence-corrected chi connectivity index (χ3v) is 3.56. The fourth-order valence-electron chi connectivity index (χ4n) is 2.20. The fraction of sp³-hybridized carbons (Fsp3) is 0.800. The van der Waals surface area contributed by atoms with E-state index in [0.717, 1.165) is 25.3 Å². The van der Waals surface area contributed by atoms with E-state index >= 15 is 0 Å². The maximum absolute atomic E-state index is 5.43. The fourth-order valence-corrected chi connectivity index (χ4v) is 2.20. The zero-order valence-corrected chi connectivity index (χ0v) is 13.4. The minimum absolute atomic E-state index is 0.384. The molecule has 2 N–H and O–H groups in total. The van der Waals surface area contributed by atoms with Crippen molar-refractivity contribution < 1.29 is 4.74 Å². The van der Waals surface area contributed by atoms with Gasteiger partial charge in [0.15, 0.2) is 0 Å². The molecule has 0 bridgehead atoms. The van der Waals surface area contributed by atoms with Gasteiger partial charge in [0.25, 0.3) is 0 Å². The molecule has 0 radical (unpaired) electrons. The Kier molecular flexibility index (Phi) is 6.02. The number of hydrogen-bond acceptors (Lipinski definition) is 6. The second-order valence-electron chi connectivity index (χ2n) is 5.55. The number of ether oxygens (including phenoxy) is 1. The predicted octanol–water partition coefficient (Wildman–Crippen LogP) is 3.08. The lowest BCUT2D eigenvalue weighted by Crippen LogP contribution is -2.21. The summed E-state index contributed by atoms with van der Waals surface area (Å²) >= 11 is 0. The first kappa shape index (κ1) is 15.8. The molecule has 0 amide bonds. The molecule has 21 heavy (non-hydrogen) atoms. The van der Waals surface area contributed by atoms with Crippen LogP contribution in [0.4, 0.5) is 11.9 Å². The lowest BCUT2D eigenvalue weighted by Gasteiger charge is -2.17.